The fourth-order valence-electron chi connectivity index (χ4n) is 4.50. The van der Waals surface area contributed by atoms with Crippen molar-refractivity contribution in [2.75, 3.05) is 44.2 Å². The van der Waals surface area contributed by atoms with Gasteiger partial charge in [0.25, 0.3) is 0 Å². The number of carbonyl (C=O) groups excluding carboxylic acids is 2. The van der Waals surface area contributed by atoms with Crippen LogP contribution < -0.4 is 4.90 Å². The molecule has 0 spiro atoms. The number of amides is 2. The van der Waals surface area contributed by atoms with Crippen LogP contribution in [0, 0.1) is 11.3 Å². The van der Waals surface area contributed by atoms with Crippen molar-refractivity contribution in [3.8, 4) is 0 Å². The third-order valence-electron chi connectivity index (χ3n) is 6.26. The van der Waals surface area contributed by atoms with Crippen molar-refractivity contribution in [2.24, 2.45) is 11.3 Å². The number of fused-ring (bicyclic) bond motifs is 1. The predicted molar refractivity (Wildman–Crippen MR) is 118 cm³/mol. The number of aromatic amines is 1. The highest BCUT2D eigenvalue weighted by Crippen LogP contribution is 2.25. The molecule has 7 heteroatoms. The van der Waals surface area contributed by atoms with Crippen LogP contribution in [0.25, 0.3) is 11.0 Å². The van der Waals surface area contributed by atoms with Gasteiger partial charge in [0, 0.05) is 50.6 Å². The van der Waals surface area contributed by atoms with Gasteiger partial charge in [-0.2, -0.15) is 0 Å². The summed E-state index contributed by atoms with van der Waals surface area (Å²) in [4.78, 5) is 39.9. The first-order valence-corrected chi connectivity index (χ1v) is 11.1. The van der Waals surface area contributed by atoms with Gasteiger partial charge in [-0.25, -0.2) is 4.98 Å². The van der Waals surface area contributed by atoms with Gasteiger partial charge in [0.2, 0.25) is 17.8 Å². The second-order valence-corrected chi connectivity index (χ2v) is 9.56. The Labute approximate surface area is 178 Å². The second-order valence-electron chi connectivity index (χ2n) is 9.56. The molecule has 0 bridgehead atoms. The summed E-state index contributed by atoms with van der Waals surface area (Å²) in [5.41, 5.74) is 1.66. The zero-order chi connectivity index (χ0) is 21.3. The molecule has 2 aliphatic rings. The van der Waals surface area contributed by atoms with Gasteiger partial charge in [0.1, 0.15) is 0 Å². The molecule has 7 nitrogen and oxygen atoms in total. The predicted octanol–water partition coefficient (Wildman–Crippen LogP) is 2.89. The highest BCUT2D eigenvalue weighted by molar-refractivity contribution is 5.83. The average molecular weight is 412 g/mol. The Hall–Kier alpha value is -2.57. The molecule has 0 aliphatic carbocycles. The maximum atomic E-state index is 13.1. The van der Waals surface area contributed by atoms with Crippen LogP contribution in [-0.2, 0) is 9.59 Å². The molecule has 1 aromatic heterocycles. The highest BCUT2D eigenvalue weighted by Gasteiger charge is 2.34. The lowest BCUT2D eigenvalue weighted by Crippen LogP contribution is -2.47. The van der Waals surface area contributed by atoms with Crippen molar-refractivity contribution in [3.63, 3.8) is 0 Å². The van der Waals surface area contributed by atoms with E-state index in [0.717, 1.165) is 62.4 Å². The number of likely N-dealkylation sites (tertiary alicyclic amines) is 1. The summed E-state index contributed by atoms with van der Waals surface area (Å²) in [6, 6.07) is 8.06. The molecule has 2 fully saturated rings. The van der Waals surface area contributed by atoms with E-state index in [-0.39, 0.29) is 23.1 Å². The second kappa shape index (κ2) is 8.28. The monoisotopic (exact) mass is 411 g/mol. The lowest BCUT2D eigenvalue weighted by molar-refractivity contribution is -0.144. The Kier molecular flexibility index (Phi) is 5.71. The summed E-state index contributed by atoms with van der Waals surface area (Å²) >= 11 is 0. The molecule has 2 amide bonds. The van der Waals surface area contributed by atoms with Crippen molar-refractivity contribution in [2.45, 2.75) is 40.0 Å². The molecule has 4 rings (SSSR count). The fraction of sp³-hybridized carbons (Fsp3) is 0.609. The summed E-state index contributed by atoms with van der Waals surface area (Å²) in [6.45, 7) is 10.4. The molecule has 1 aromatic carbocycles. The first kappa shape index (κ1) is 20.7. The van der Waals surface area contributed by atoms with Crippen LogP contribution in [-0.4, -0.2) is 70.9 Å². The molecule has 3 heterocycles. The van der Waals surface area contributed by atoms with Gasteiger partial charge in [-0.3, -0.25) is 9.59 Å². The highest BCUT2D eigenvalue weighted by atomic mass is 16.2. The molecule has 2 aromatic rings. The van der Waals surface area contributed by atoms with E-state index >= 15 is 0 Å². The average Bonchev–Trinajstić information content (AvgIpc) is 3.01. The van der Waals surface area contributed by atoms with Gasteiger partial charge in [0.05, 0.1) is 11.0 Å². The fourth-order valence-corrected chi connectivity index (χ4v) is 4.50. The number of imidazole rings is 1. The smallest absolute Gasteiger partial charge is 0.227 e. The molecule has 2 saturated heterocycles. The van der Waals surface area contributed by atoms with Gasteiger partial charge in [-0.05, 0) is 31.4 Å². The van der Waals surface area contributed by atoms with Crippen LogP contribution in [0.2, 0.25) is 0 Å². The third kappa shape index (κ3) is 4.30. The van der Waals surface area contributed by atoms with Crippen molar-refractivity contribution in [3.05, 3.63) is 24.3 Å². The number of H-pyrrole nitrogens is 1. The number of benzene rings is 1. The third-order valence-corrected chi connectivity index (χ3v) is 6.26. The quantitative estimate of drug-likeness (QED) is 0.825. The number of nitrogens with one attached hydrogen (secondary N) is 1. The van der Waals surface area contributed by atoms with E-state index in [4.69, 9.17) is 4.98 Å². The summed E-state index contributed by atoms with van der Waals surface area (Å²) in [5, 5.41) is 0. The zero-order valence-corrected chi connectivity index (χ0v) is 18.4. The number of hydrogen-bond acceptors (Lipinski definition) is 4. The van der Waals surface area contributed by atoms with E-state index in [1.54, 1.807) is 0 Å². The summed E-state index contributed by atoms with van der Waals surface area (Å²) in [5.74, 6) is 1.36. The van der Waals surface area contributed by atoms with Crippen molar-refractivity contribution < 1.29 is 9.59 Å². The number of carbonyl (C=O) groups is 2. The van der Waals surface area contributed by atoms with E-state index in [2.05, 4.69) is 9.88 Å². The number of para-hydroxylation sites is 2. The van der Waals surface area contributed by atoms with Gasteiger partial charge >= 0.3 is 0 Å². The number of hydrogen-bond donors (Lipinski definition) is 1. The first-order valence-electron chi connectivity index (χ1n) is 11.1. The van der Waals surface area contributed by atoms with E-state index < -0.39 is 0 Å². The Bertz CT molecular complexity index is 875. The number of aromatic nitrogens is 2. The van der Waals surface area contributed by atoms with Crippen LogP contribution in [0.5, 0.6) is 0 Å². The molecule has 2 aliphatic heterocycles. The summed E-state index contributed by atoms with van der Waals surface area (Å²) in [7, 11) is 0. The lowest BCUT2D eigenvalue weighted by atomic mass is 9.90. The number of piperidine rings is 1. The molecule has 0 unspecified atom stereocenters. The first-order chi connectivity index (χ1) is 14.3. The minimum atomic E-state index is -0.359. The molecular weight excluding hydrogens is 378 g/mol. The Morgan fingerprint density at radius 1 is 0.967 bits per heavy atom. The maximum Gasteiger partial charge on any atom is 0.227 e. The van der Waals surface area contributed by atoms with Crippen molar-refractivity contribution in [1.29, 1.82) is 0 Å². The molecule has 0 saturated carbocycles. The zero-order valence-electron chi connectivity index (χ0n) is 18.4. The summed E-state index contributed by atoms with van der Waals surface area (Å²) < 4.78 is 0. The van der Waals surface area contributed by atoms with Crippen LogP contribution in [0.4, 0.5) is 5.95 Å². The minimum Gasteiger partial charge on any atom is -0.342 e. The van der Waals surface area contributed by atoms with Crippen LogP contribution >= 0.6 is 0 Å². The normalized spacial score (nSPS) is 19.2. The van der Waals surface area contributed by atoms with Gasteiger partial charge < -0.3 is 19.7 Å². The van der Waals surface area contributed by atoms with Crippen LogP contribution in [0.3, 0.4) is 0 Å². The van der Waals surface area contributed by atoms with Crippen LogP contribution in [0.15, 0.2) is 24.3 Å². The SMILES string of the molecule is CC(C)(C)C(=O)N1CCC(C(=O)N2CCCN(c3nc4ccccc4[nH]3)CC2)CC1. The Morgan fingerprint density at radius 3 is 2.40 bits per heavy atom. The topological polar surface area (TPSA) is 72.5 Å². The van der Waals surface area contributed by atoms with E-state index in [1.165, 1.54) is 0 Å². The molecule has 162 valence electrons. The summed E-state index contributed by atoms with van der Waals surface area (Å²) in [6.07, 6.45) is 2.47. The molecule has 0 radical (unpaired) electrons. The Morgan fingerprint density at radius 2 is 1.70 bits per heavy atom. The number of nitrogens with zero attached hydrogens (tertiary/aromatic N) is 4. The van der Waals surface area contributed by atoms with E-state index in [0.29, 0.717) is 13.1 Å². The van der Waals surface area contributed by atoms with Gasteiger partial charge in [-0.1, -0.05) is 32.9 Å². The maximum absolute atomic E-state index is 13.1. The van der Waals surface area contributed by atoms with E-state index in [1.807, 2.05) is 54.8 Å². The van der Waals surface area contributed by atoms with Crippen molar-refractivity contribution >= 4 is 28.8 Å². The molecule has 1 N–H and O–H groups in total. The molecular formula is C23H33N5O2. The van der Waals surface area contributed by atoms with Crippen molar-refractivity contribution in [1.82, 2.24) is 19.8 Å². The molecule has 30 heavy (non-hydrogen) atoms. The van der Waals surface area contributed by atoms with E-state index in [9.17, 15) is 9.59 Å². The number of rotatable bonds is 2. The standard InChI is InChI=1S/C23H33N5O2/c1-23(2,3)21(30)27-13-9-17(10-14-27)20(29)26-11-6-12-28(16-15-26)22-24-18-7-4-5-8-19(18)25-22/h4-5,7-8,17H,6,9-16H2,1-3H3,(H,24,25). The van der Waals surface area contributed by atoms with Gasteiger partial charge in [-0.15, -0.1) is 0 Å². The number of anilines is 1. The molecule has 0 atom stereocenters. The Balaban J connectivity index is 1.33. The van der Waals surface area contributed by atoms with Gasteiger partial charge in [0.15, 0.2) is 0 Å². The minimum absolute atomic E-state index is 0.0340. The lowest BCUT2D eigenvalue weighted by Gasteiger charge is -2.36. The van der Waals surface area contributed by atoms with Crippen LogP contribution in [0.1, 0.15) is 40.0 Å². The largest absolute Gasteiger partial charge is 0.342 e.